The van der Waals surface area contributed by atoms with Crippen molar-refractivity contribution in [3.05, 3.63) is 29.3 Å². The molecule has 17 heavy (non-hydrogen) atoms. The number of carbonyl (C=O) groups excluding carboxylic acids is 1. The molecule has 4 N–H and O–H groups in total. The van der Waals surface area contributed by atoms with Crippen molar-refractivity contribution in [2.45, 2.75) is 37.6 Å². The maximum atomic E-state index is 11.1. The van der Waals surface area contributed by atoms with Crippen LogP contribution in [0.5, 0.6) is 0 Å². The van der Waals surface area contributed by atoms with Crippen LogP contribution in [0.4, 0.5) is 0 Å². The lowest BCUT2D eigenvalue weighted by Gasteiger charge is -2.20. The van der Waals surface area contributed by atoms with E-state index in [0.717, 1.165) is 5.75 Å². The van der Waals surface area contributed by atoms with Crippen molar-refractivity contribution < 1.29 is 4.79 Å². The number of rotatable bonds is 5. The lowest BCUT2D eigenvalue weighted by molar-refractivity contribution is -0.122. The summed E-state index contributed by atoms with van der Waals surface area (Å²) in [6.07, 6.45) is 0.584. The Kier molecular flexibility index (Phi) is 4.60. The van der Waals surface area contributed by atoms with Crippen LogP contribution in [0.15, 0.2) is 23.1 Å². The summed E-state index contributed by atoms with van der Waals surface area (Å²) in [5.74, 6) is 0.347. The van der Waals surface area contributed by atoms with Crippen LogP contribution in [0.25, 0.3) is 0 Å². The van der Waals surface area contributed by atoms with E-state index >= 15 is 0 Å². The SMILES string of the molecule is Cc1ccc(C)c(SCCC(C)(N)C(N)=O)c1. The summed E-state index contributed by atoms with van der Waals surface area (Å²) in [5.41, 5.74) is 12.6. The fourth-order valence-corrected chi connectivity index (χ4v) is 2.67. The molecule has 0 aromatic heterocycles. The van der Waals surface area contributed by atoms with Gasteiger partial charge in [0.15, 0.2) is 0 Å². The van der Waals surface area contributed by atoms with Gasteiger partial charge in [0.2, 0.25) is 5.91 Å². The van der Waals surface area contributed by atoms with Crippen molar-refractivity contribution in [2.75, 3.05) is 5.75 Å². The third-order valence-electron chi connectivity index (χ3n) is 2.79. The summed E-state index contributed by atoms with van der Waals surface area (Å²) in [7, 11) is 0. The second kappa shape index (κ2) is 5.56. The Morgan fingerprint density at radius 2 is 2.06 bits per heavy atom. The minimum atomic E-state index is -0.912. The number of amides is 1. The van der Waals surface area contributed by atoms with Crippen molar-refractivity contribution >= 4 is 17.7 Å². The maximum absolute atomic E-state index is 11.1. The van der Waals surface area contributed by atoms with Crippen LogP contribution >= 0.6 is 11.8 Å². The van der Waals surface area contributed by atoms with Gasteiger partial charge in [0.25, 0.3) is 0 Å². The van der Waals surface area contributed by atoms with Crippen LogP contribution in [0.1, 0.15) is 24.5 Å². The van der Waals surface area contributed by atoms with Gasteiger partial charge in [-0.3, -0.25) is 4.79 Å². The van der Waals surface area contributed by atoms with Gasteiger partial charge < -0.3 is 11.5 Å². The lowest BCUT2D eigenvalue weighted by Crippen LogP contribution is -2.49. The largest absolute Gasteiger partial charge is 0.368 e. The monoisotopic (exact) mass is 252 g/mol. The standard InChI is InChI=1S/C13H20N2OS/c1-9-4-5-10(2)11(8-9)17-7-6-13(3,15)12(14)16/h4-5,8H,6-7,15H2,1-3H3,(H2,14,16). The molecular weight excluding hydrogens is 232 g/mol. The molecule has 0 saturated heterocycles. The summed E-state index contributed by atoms with van der Waals surface area (Å²) >= 11 is 1.72. The zero-order valence-corrected chi connectivity index (χ0v) is 11.4. The van der Waals surface area contributed by atoms with Crippen LogP contribution in [-0.4, -0.2) is 17.2 Å². The summed E-state index contributed by atoms with van der Waals surface area (Å²) in [6.45, 7) is 5.83. The molecule has 3 nitrogen and oxygen atoms in total. The fourth-order valence-electron chi connectivity index (χ4n) is 1.36. The van der Waals surface area contributed by atoms with Gasteiger partial charge in [0, 0.05) is 10.6 Å². The highest BCUT2D eigenvalue weighted by molar-refractivity contribution is 7.99. The van der Waals surface area contributed by atoms with Gasteiger partial charge in [-0.25, -0.2) is 0 Å². The molecule has 1 amide bonds. The molecule has 1 aromatic rings. The molecule has 0 heterocycles. The first-order valence-corrected chi connectivity index (χ1v) is 6.60. The Morgan fingerprint density at radius 3 is 2.65 bits per heavy atom. The van der Waals surface area contributed by atoms with Crippen molar-refractivity contribution in [3.63, 3.8) is 0 Å². The van der Waals surface area contributed by atoms with E-state index in [4.69, 9.17) is 11.5 Å². The zero-order valence-electron chi connectivity index (χ0n) is 10.6. The zero-order chi connectivity index (χ0) is 13.1. The molecule has 0 aliphatic carbocycles. The second-order valence-electron chi connectivity index (χ2n) is 4.65. The van der Waals surface area contributed by atoms with Crippen LogP contribution in [0.3, 0.4) is 0 Å². The van der Waals surface area contributed by atoms with Crippen molar-refractivity contribution in [1.29, 1.82) is 0 Å². The lowest BCUT2D eigenvalue weighted by atomic mass is 10.0. The second-order valence-corrected chi connectivity index (χ2v) is 5.79. The van der Waals surface area contributed by atoms with Gasteiger partial charge in [-0.2, -0.15) is 0 Å². The number of thioether (sulfide) groups is 1. The van der Waals surface area contributed by atoms with Crippen LogP contribution in [0, 0.1) is 13.8 Å². The molecule has 1 unspecified atom stereocenters. The third-order valence-corrected chi connectivity index (χ3v) is 3.94. The minimum Gasteiger partial charge on any atom is -0.368 e. The van der Waals surface area contributed by atoms with E-state index in [9.17, 15) is 4.79 Å². The number of carbonyl (C=O) groups is 1. The Morgan fingerprint density at radius 1 is 1.41 bits per heavy atom. The van der Waals surface area contributed by atoms with Crippen LogP contribution in [-0.2, 0) is 4.79 Å². The fraction of sp³-hybridized carbons (Fsp3) is 0.462. The molecule has 0 aliphatic rings. The smallest absolute Gasteiger partial charge is 0.237 e. The Hall–Kier alpha value is -1.00. The quantitative estimate of drug-likeness (QED) is 0.787. The first kappa shape index (κ1) is 14.1. The molecule has 1 rings (SSSR count). The average Bonchev–Trinajstić information content (AvgIpc) is 2.22. The molecular formula is C13H20N2OS. The molecule has 0 fully saturated rings. The van der Waals surface area contributed by atoms with Gasteiger partial charge in [0.05, 0.1) is 5.54 Å². The molecule has 94 valence electrons. The van der Waals surface area contributed by atoms with E-state index in [0.29, 0.717) is 6.42 Å². The highest BCUT2D eigenvalue weighted by Crippen LogP contribution is 2.25. The molecule has 0 radical (unpaired) electrons. The summed E-state index contributed by atoms with van der Waals surface area (Å²) in [6, 6.07) is 6.35. The molecule has 1 aromatic carbocycles. The normalized spacial score (nSPS) is 14.4. The van der Waals surface area contributed by atoms with Gasteiger partial charge in [-0.15, -0.1) is 11.8 Å². The van der Waals surface area contributed by atoms with Crippen LogP contribution in [0.2, 0.25) is 0 Å². The van der Waals surface area contributed by atoms with Crippen molar-refractivity contribution in [3.8, 4) is 0 Å². The van der Waals surface area contributed by atoms with Gasteiger partial charge in [-0.1, -0.05) is 17.7 Å². The number of hydrogen-bond donors (Lipinski definition) is 2. The molecule has 0 spiro atoms. The number of primary amides is 1. The highest BCUT2D eigenvalue weighted by Gasteiger charge is 2.24. The Labute approximate surface area is 107 Å². The summed E-state index contributed by atoms with van der Waals surface area (Å²) in [4.78, 5) is 12.3. The molecule has 0 bridgehead atoms. The number of hydrogen-bond acceptors (Lipinski definition) is 3. The number of benzene rings is 1. The van der Waals surface area contributed by atoms with Gasteiger partial charge in [0.1, 0.15) is 0 Å². The average molecular weight is 252 g/mol. The maximum Gasteiger partial charge on any atom is 0.237 e. The first-order valence-electron chi connectivity index (χ1n) is 5.62. The van der Waals surface area contributed by atoms with Gasteiger partial charge >= 0.3 is 0 Å². The molecule has 4 heteroatoms. The van der Waals surface area contributed by atoms with E-state index in [2.05, 4.69) is 32.0 Å². The summed E-state index contributed by atoms with van der Waals surface area (Å²) in [5, 5.41) is 0. The number of nitrogens with two attached hydrogens (primary N) is 2. The first-order chi connectivity index (χ1) is 7.83. The third kappa shape index (κ3) is 4.06. The Bertz CT molecular complexity index is 416. The summed E-state index contributed by atoms with van der Waals surface area (Å²) < 4.78 is 0. The topological polar surface area (TPSA) is 69.1 Å². The minimum absolute atomic E-state index is 0.445. The molecule has 0 saturated carbocycles. The highest BCUT2D eigenvalue weighted by atomic mass is 32.2. The Balaban J connectivity index is 2.57. The van der Waals surface area contributed by atoms with E-state index in [-0.39, 0.29) is 0 Å². The number of aryl methyl sites for hydroxylation is 2. The predicted molar refractivity (Wildman–Crippen MR) is 73.0 cm³/mol. The van der Waals surface area contributed by atoms with E-state index in [1.807, 2.05) is 0 Å². The molecule has 1 atom stereocenters. The van der Waals surface area contributed by atoms with Gasteiger partial charge in [-0.05, 0) is 38.8 Å². The van der Waals surface area contributed by atoms with E-state index in [1.165, 1.54) is 16.0 Å². The van der Waals surface area contributed by atoms with Crippen LogP contribution < -0.4 is 11.5 Å². The van der Waals surface area contributed by atoms with E-state index in [1.54, 1.807) is 18.7 Å². The van der Waals surface area contributed by atoms with E-state index < -0.39 is 11.4 Å². The van der Waals surface area contributed by atoms with Crippen molar-refractivity contribution in [1.82, 2.24) is 0 Å². The van der Waals surface area contributed by atoms with Crippen molar-refractivity contribution in [2.24, 2.45) is 11.5 Å². The predicted octanol–water partition coefficient (Wildman–Crippen LogP) is 1.99. The molecule has 0 aliphatic heterocycles.